The number of aliphatic hydroxyl groups excluding tert-OH is 1. The molecular formula is C12H20N2O3. The van der Waals surface area contributed by atoms with E-state index in [4.69, 9.17) is 5.11 Å². The first-order chi connectivity index (χ1) is 8.24. The van der Waals surface area contributed by atoms with Crippen molar-refractivity contribution >= 4 is 11.8 Å². The smallest absolute Gasteiger partial charge is 0.225 e. The molecule has 2 unspecified atom stereocenters. The van der Waals surface area contributed by atoms with Gasteiger partial charge >= 0.3 is 0 Å². The van der Waals surface area contributed by atoms with Gasteiger partial charge < -0.3 is 15.3 Å². The third kappa shape index (κ3) is 2.60. The van der Waals surface area contributed by atoms with E-state index in [0.717, 1.165) is 25.8 Å². The van der Waals surface area contributed by atoms with Crippen LogP contribution in [0.3, 0.4) is 0 Å². The number of piperidine rings is 1. The molecule has 0 radical (unpaired) electrons. The van der Waals surface area contributed by atoms with E-state index in [1.807, 2.05) is 4.90 Å². The number of rotatable bonds is 4. The zero-order valence-corrected chi connectivity index (χ0v) is 10.0. The summed E-state index contributed by atoms with van der Waals surface area (Å²) in [6.07, 6.45) is 3.70. The third-order valence-corrected chi connectivity index (χ3v) is 3.72. The fraction of sp³-hybridized carbons (Fsp3) is 0.833. The van der Waals surface area contributed by atoms with Gasteiger partial charge in [0.15, 0.2) is 0 Å². The van der Waals surface area contributed by atoms with E-state index in [1.54, 1.807) is 0 Å². The van der Waals surface area contributed by atoms with Crippen molar-refractivity contribution in [1.82, 2.24) is 10.2 Å². The maximum absolute atomic E-state index is 12.0. The Balaban J connectivity index is 1.91. The summed E-state index contributed by atoms with van der Waals surface area (Å²) in [6, 6.07) is 0.0675. The number of likely N-dealkylation sites (tertiary alicyclic amines) is 1. The minimum atomic E-state index is 0.00513. The molecule has 0 aromatic rings. The lowest BCUT2D eigenvalue weighted by Gasteiger charge is -2.36. The van der Waals surface area contributed by atoms with Crippen LogP contribution in [-0.4, -0.2) is 47.6 Å². The first kappa shape index (κ1) is 12.4. The van der Waals surface area contributed by atoms with Crippen molar-refractivity contribution in [3.63, 3.8) is 0 Å². The molecule has 2 aliphatic rings. The summed E-state index contributed by atoms with van der Waals surface area (Å²) >= 11 is 0. The van der Waals surface area contributed by atoms with Crippen LogP contribution in [0.15, 0.2) is 0 Å². The Hall–Kier alpha value is -1.10. The highest BCUT2D eigenvalue weighted by Crippen LogP contribution is 2.27. The van der Waals surface area contributed by atoms with Gasteiger partial charge in [-0.25, -0.2) is 0 Å². The predicted molar refractivity (Wildman–Crippen MR) is 62.2 cm³/mol. The van der Waals surface area contributed by atoms with E-state index in [2.05, 4.69) is 5.32 Å². The largest absolute Gasteiger partial charge is 0.396 e. The molecule has 0 aromatic heterocycles. The number of nitrogens with one attached hydrogen (secondary N) is 1. The van der Waals surface area contributed by atoms with E-state index in [9.17, 15) is 9.59 Å². The molecule has 0 bridgehead atoms. The summed E-state index contributed by atoms with van der Waals surface area (Å²) in [5, 5.41) is 11.5. The maximum atomic E-state index is 12.0. The Morgan fingerprint density at radius 2 is 2.29 bits per heavy atom. The maximum Gasteiger partial charge on any atom is 0.225 e. The van der Waals surface area contributed by atoms with Crippen molar-refractivity contribution in [2.24, 2.45) is 5.92 Å². The zero-order chi connectivity index (χ0) is 12.3. The highest BCUT2D eigenvalue weighted by molar-refractivity contribution is 5.84. The Labute approximate surface area is 101 Å². The minimum Gasteiger partial charge on any atom is -0.396 e. The topological polar surface area (TPSA) is 69.6 Å². The number of unbranched alkanes of at least 4 members (excludes halogenated alkanes) is 1. The van der Waals surface area contributed by atoms with Crippen molar-refractivity contribution < 1.29 is 14.7 Å². The second-order valence-corrected chi connectivity index (χ2v) is 4.83. The van der Waals surface area contributed by atoms with Crippen LogP contribution in [0.25, 0.3) is 0 Å². The SMILES string of the molecule is O=C1NCC2C1CCCN2C(=O)CCCCO. The van der Waals surface area contributed by atoms with E-state index >= 15 is 0 Å². The molecule has 0 spiro atoms. The molecule has 2 amide bonds. The summed E-state index contributed by atoms with van der Waals surface area (Å²) in [5.74, 6) is 0.234. The number of hydrogen-bond acceptors (Lipinski definition) is 3. The second kappa shape index (κ2) is 5.49. The molecule has 2 N–H and O–H groups in total. The van der Waals surface area contributed by atoms with Crippen molar-refractivity contribution in [2.75, 3.05) is 19.7 Å². The number of amides is 2. The fourth-order valence-electron chi connectivity index (χ4n) is 2.79. The first-order valence-corrected chi connectivity index (χ1v) is 6.42. The van der Waals surface area contributed by atoms with Gasteiger partial charge in [0.1, 0.15) is 0 Å². The van der Waals surface area contributed by atoms with Gasteiger partial charge in [0.25, 0.3) is 0 Å². The number of nitrogens with zero attached hydrogens (tertiary/aromatic N) is 1. The normalized spacial score (nSPS) is 27.8. The highest BCUT2D eigenvalue weighted by atomic mass is 16.3. The molecule has 96 valence electrons. The molecule has 0 aliphatic carbocycles. The molecule has 2 atom stereocenters. The van der Waals surface area contributed by atoms with E-state index in [1.165, 1.54) is 0 Å². The van der Waals surface area contributed by atoms with Gasteiger partial charge in [-0.15, -0.1) is 0 Å². The Morgan fingerprint density at radius 3 is 3.06 bits per heavy atom. The van der Waals surface area contributed by atoms with Gasteiger partial charge in [-0.2, -0.15) is 0 Å². The first-order valence-electron chi connectivity index (χ1n) is 6.42. The lowest BCUT2D eigenvalue weighted by molar-refractivity contribution is -0.136. The lowest BCUT2D eigenvalue weighted by Crippen LogP contribution is -2.48. The molecular weight excluding hydrogens is 220 g/mol. The monoisotopic (exact) mass is 240 g/mol. The van der Waals surface area contributed by atoms with Crippen LogP contribution in [0, 0.1) is 5.92 Å². The van der Waals surface area contributed by atoms with Crippen LogP contribution in [0.2, 0.25) is 0 Å². The molecule has 5 nitrogen and oxygen atoms in total. The molecule has 5 heteroatoms. The van der Waals surface area contributed by atoms with Crippen molar-refractivity contribution in [3.8, 4) is 0 Å². The van der Waals surface area contributed by atoms with Crippen LogP contribution in [-0.2, 0) is 9.59 Å². The average Bonchev–Trinajstić information content (AvgIpc) is 2.71. The molecule has 2 rings (SSSR count). The summed E-state index contributed by atoms with van der Waals surface area (Å²) in [6.45, 7) is 1.52. The molecule has 2 saturated heterocycles. The number of carbonyl (C=O) groups excluding carboxylic acids is 2. The van der Waals surface area contributed by atoms with Gasteiger partial charge in [-0.3, -0.25) is 9.59 Å². The average molecular weight is 240 g/mol. The summed E-state index contributed by atoms with van der Waals surface area (Å²) in [4.78, 5) is 25.4. The third-order valence-electron chi connectivity index (χ3n) is 3.72. The molecule has 17 heavy (non-hydrogen) atoms. The van der Waals surface area contributed by atoms with Gasteiger partial charge in [-0.1, -0.05) is 0 Å². The van der Waals surface area contributed by atoms with E-state index < -0.39 is 0 Å². The predicted octanol–water partition coefficient (Wildman–Crippen LogP) is -0.114. The van der Waals surface area contributed by atoms with Crippen molar-refractivity contribution in [1.29, 1.82) is 0 Å². The fourth-order valence-corrected chi connectivity index (χ4v) is 2.79. The second-order valence-electron chi connectivity index (χ2n) is 4.83. The van der Waals surface area contributed by atoms with Gasteiger partial charge in [0, 0.05) is 26.1 Å². The van der Waals surface area contributed by atoms with Gasteiger partial charge in [0.05, 0.1) is 12.0 Å². The summed E-state index contributed by atoms with van der Waals surface area (Å²) < 4.78 is 0. The molecule has 2 fully saturated rings. The van der Waals surface area contributed by atoms with Crippen LogP contribution in [0.4, 0.5) is 0 Å². The van der Waals surface area contributed by atoms with Gasteiger partial charge in [-0.05, 0) is 25.7 Å². The van der Waals surface area contributed by atoms with Crippen LogP contribution >= 0.6 is 0 Å². The van der Waals surface area contributed by atoms with E-state index in [-0.39, 0.29) is 30.4 Å². The number of carbonyl (C=O) groups is 2. The molecule has 2 aliphatic heterocycles. The minimum absolute atomic E-state index is 0.00513. The standard InChI is InChI=1S/C12H20N2O3/c15-7-2-1-5-11(16)14-6-3-4-9-10(14)8-13-12(9)17/h9-10,15H,1-8H2,(H,13,17). The van der Waals surface area contributed by atoms with Crippen molar-refractivity contribution in [2.45, 2.75) is 38.1 Å². The molecule has 0 aromatic carbocycles. The lowest BCUT2D eigenvalue weighted by atomic mass is 9.91. The summed E-state index contributed by atoms with van der Waals surface area (Å²) in [7, 11) is 0. The Kier molecular flexibility index (Phi) is 3.99. The summed E-state index contributed by atoms with van der Waals surface area (Å²) in [5.41, 5.74) is 0. The van der Waals surface area contributed by atoms with Crippen molar-refractivity contribution in [3.05, 3.63) is 0 Å². The van der Waals surface area contributed by atoms with Crippen LogP contribution in [0.5, 0.6) is 0 Å². The number of fused-ring (bicyclic) bond motifs is 1. The number of aliphatic hydroxyl groups is 1. The highest BCUT2D eigenvalue weighted by Gasteiger charge is 2.42. The molecule has 2 heterocycles. The quantitative estimate of drug-likeness (QED) is 0.673. The zero-order valence-electron chi connectivity index (χ0n) is 10.0. The van der Waals surface area contributed by atoms with Crippen LogP contribution in [0.1, 0.15) is 32.1 Å². The Morgan fingerprint density at radius 1 is 1.47 bits per heavy atom. The molecule has 0 saturated carbocycles. The number of hydrogen-bond donors (Lipinski definition) is 2. The van der Waals surface area contributed by atoms with E-state index in [0.29, 0.717) is 19.4 Å². The Bertz CT molecular complexity index is 306. The van der Waals surface area contributed by atoms with Crippen LogP contribution < -0.4 is 5.32 Å². The van der Waals surface area contributed by atoms with Gasteiger partial charge in [0.2, 0.25) is 11.8 Å².